The van der Waals surface area contributed by atoms with Crippen LogP contribution in [0.4, 0.5) is 11.4 Å². The second-order valence-corrected chi connectivity index (χ2v) is 8.41. The van der Waals surface area contributed by atoms with Crippen molar-refractivity contribution in [1.29, 1.82) is 0 Å². The van der Waals surface area contributed by atoms with Crippen LogP contribution in [0.5, 0.6) is 5.75 Å². The Labute approximate surface area is 184 Å². The molecule has 2 aliphatic rings. The van der Waals surface area contributed by atoms with Crippen LogP contribution in [-0.2, 0) is 11.2 Å². The number of anilines is 2. The van der Waals surface area contributed by atoms with Crippen LogP contribution < -0.4 is 10.6 Å². The summed E-state index contributed by atoms with van der Waals surface area (Å²) < 4.78 is 0.829. The smallest absolute Gasteiger partial charge is 0.259 e. The molecule has 0 unspecified atom stereocenters. The Kier molecular flexibility index (Phi) is 5.43. The fraction of sp³-hybridized carbons (Fsp3) is 0.0909. The van der Waals surface area contributed by atoms with Crippen LogP contribution in [-0.4, -0.2) is 23.3 Å². The second kappa shape index (κ2) is 8.00. The maximum absolute atomic E-state index is 12.7. The van der Waals surface area contributed by atoms with Gasteiger partial charge in [0.25, 0.3) is 5.91 Å². The third-order valence-corrected chi connectivity index (χ3v) is 5.91. The summed E-state index contributed by atoms with van der Waals surface area (Å²) >= 11 is 6.46. The highest BCUT2D eigenvalue weighted by atomic mass is 79.9. The molecule has 0 saturated heterocycles. The van der Waals surface area contributed by atoms with E-state index in [1.807, 2.05) is 18.2 Å². The first-order valence-corrected chi connectivity index (χ1v) is 10.5. The number of halogens is 2. The van der Waals surface area contributed by atoms with Crippen LogP contribution in [0.2, 0.25) is 0 Å². The standard InChI is InChI=1S/C22H16Br2N2O3/c23-17-9-12(10-18(24)21(17)28)8-14-2-1-3-16(20(14)27)22(29)26-15-4-5-19-13(11-15)6-7-25-19/h1-5,8-11,25,27H,6-7H2,(H,26,29). The number of allylic oxidation sites excluding steroid dienone is 5. The number of amides is 1. The lowest BCUT2D eigenvalue weighted by Crippen LogP contribution is -2.12. The molecule has 2 aromatic rings. The van der Waals surface area contributed by atoms with Crippen LogP contribution in [0.3, 0.4) is 0 Å². The highest BCUT2D eigenvalue weighted by molar-refractivity contribution is 9.13. The average Bonchev–Trinajstić information content (AvgIpc) is 3.15. The predicted octanol–water partition coefficient (Wildman–Crippen LogP) is 5.14. The molecule has 1 aliphatic carbocycles. The molecule has 29 heavy (non-hydrogen) atoms. The van der Waals surface area contributed by atoms with Crippen LogP contribution in [0.15, 0.2) is 63.1 Å². The average molecular weight is 516 g/mol. The monoisotopic (exact) mass is 514 g/mol. The summed E-state index contributed by atoms with van der Waals surface area (Å²) in [5.41, 5.74) is 4.30. The van der Waals surface area contributed by atoms with Gasteiger partial charge in [-0.05, 0) is 91.9 Å². The second-order valence-electron chi connectivity index (χ2n) is 6.70. The molecular weight excluding hydrogens is 500 g/mol. The quantitative estimate of drug-likeness (QED) is 0.529. The van der Waals surface area contributed by atoms with E-state index < -0.39 is 0 Å². The number of rotatable bonds is 3. The fourth-order valence-electron chi connectivity index (χ4n) is 3.28. The molecule has 7 heteroatoms. The number of phenolic OH excluding ortho intramolecular Hbond substituents is 1. The van der Waals surface area contributed by atoms with Gasteiger partial charge < -0.3 is 15.7 Å². The molecule has 1 aliphatic heterocycles. The van der Waals surface area contributed by atoms with E-state index in [1.165, 1.54) is 0 Å². The summed E-state index contributed by atoms with van der Waals surface area (Å²) in [4.78, 5) is 24.5. The topological polar surface area (TPSA) is 78.4 Å². The van der Waals surface area contributed by atoms with Gasteiger partial charge in [-0.3, -0.25) is 9.59 Å². The molecule has 2 aromatic carbocycles. The van der Waals surface area contributed by atoms with Crippen molar-refractivity contribution in [3.63, 3.8) is 0 Å². The number of aromatic hydroxyl groups is 1. The van der Waals surface area contributed by atoms with Crippen molar-refractivity contribution in [1.82, 2.24) is 0 Å². The third kappa shape index (κ3) is 4.06. The van der Waals surface area contributed by atoms with Gasteiger partial charge in [-0.25, -0.2) is 0 Å². The number of carbonyl (C=O) groups is 2. The summed E-state index contributed by atoms with van der Waals surface area (Å²) in [6.45, 7) is 0.894. The highest BCUT2D eigenvalue weighted by Gasteiger charge is 2.18. The molecule has 0 bridgehead atoms. The molecule has 5 nitrogen and oxygen atoms in total. The fourth-order valence-corrected chi connectivity index (χ4v) is 4.51. The molecule has 146 valence electrons. The first kappa shape index (κ1) is 19.7. The number of ketones is 1. The normalized spacial score (nSPS) is 15.2. The van der Waals surface area contributed by atoms with Crippen molar-refractivity contribution in [2.24, 2.45) is 0 Å². The maximum Gasteiger partial charge on any atom is 0.259 e. The molecule has 0 fully saturated rings. The Morgan fingerprint density at radius 2 is 1.90 bits per heavy atom. The molecule has 0 saturated carbocycles. The Morgan fingerprint density at radius 3 is 2.66 bits per heavy atom. The number of para-hydroxylation sites is 1. The number of benzene rings is 2. The molecule has 4 rings (SSSR count). The highest BCUT2D eigenvalue weighted by Crippen LogP contribution is 2.31. The Hall–Kier alpha value is -2.64. The number of nitrogens with one attached hydrogen (secondary N) is 2. The van der Waals surface area contributed by atoms with Crippen LogP contribution in [0, 0.1) is 0 Å². The number of carbonyl (C=O) groups excluding carboxylic acids is 2. The van der Waals surface area contributed by atoms with Gasteiger partial charge in [0.05, 0.1) is 14.5 Å². The van der Waals surface area contributed by atoms with Crippen LogP contribution >= 0.6 is 31.9 Å². The molecule has 0 aromatic heterocycles. The lowest BCUT2D eigenvalue weighted by molar-refractivity contribution is -0.110. The van der Waals surface area contributed by atoms with E-state index in [4.69, 9.17) is 0 Å². The van der Waals surface area contributed by atoms with E-state index in [9.17, 15) is 14.7 Å². The van der Waals surface area contributed by atoms with Gasteiger partial charge in [-0.2, -0.15) is 0 Å². The van der Waals surface area contributed by atoms with Crippen LogP contribution in [0.1, 0.15) is 21.5 Å². The molecule has 0 spiro atoms. The van der Waals surface area contributed by atoms with Gasteiger partial charge in [0.2, 0.25) is 5.78 Å². The van der Waals surface area contributed by atoms with E-state index in [1.54, 1.807) is 36.4 Å². The predicted molar refractivity (Wildman–Crippen MR) is 122 cm³/mol. The first-order valence-electron chi connectivity index (χ1n) is 8.93. The number of phenols is 1. The van der Waals surface area contributed by atoms with Crippen LogP contribution in [0.25, 0.3) is 6.08 Å². The Balaban J connectivity index is 1.60. The van der Waals surface area contributed by atoms with Gasteiger partial charge in [0.1, 0.15) is 5.75 Å². The van der Waals surface area contributed by atoms with E-state index in [0.717, 1.165) is 24.2 Å². The maximum atomic E-state index is 12.7. The van der Waals surface area contributed by atoms with Crippen molar-refractivity contribution >= 4 is 61.0 Å². The van der Waals surface area contributed by atoms with Crippen molar-refractivity contribution in [2.45, 2.75) is 6.42 Å². The summed E-state index contributed by atoms with van der Waals surface area (Å²) in [6, 6.07) is 10.7. The number of hydrogen-bond donors (Lipinski definition) is 3. The largest absolute Gasteiger partial charge is 0.506 e. The van der Waals surface area contributed by atoms with E-state index in [-0.39, 0.29) is 23.0 Å². The van der Waals surface area contributed by atoms with Crippen molar-refractivity contribution in [3.8, 4) is 5.75 Å². The first-order chi connectivity index (χ1) is 13.9. The van der Waals surface area contributed by atoms with Gasteiger partial charge >= 0.3 is 0 Å². The van der Waals surface area contributed by atoms with Gasteiger partial charge in [0.15, 0.2) is 0 Å². The summed E-state index contributed by atoms with van der Waals surface area (Å²) in [5, 5.41) is 16.8. The Bertz CT molecular complexity index is 1110. The minimum atomic E-state index is -0.388. The minimum absolute atomic E-state index is 0.119. The van der Waals surface area contributed by atoms with Gasteiger partial charge in [-0.1, -0.05) is 12.1 Å². The lowest BCUT2D eigenvalue weighted by Gasteiger charge is -2.11. The minimum Gasteiger partial charge on any atom is -0.506 e. The van der Waals surface area contributed by atoms with E-state index in [0.29, 0.717) is 25.8 Å². The summed E-state index contributed by atoms with van der Waals surface area (Å²) in [6.07, 6.45) is 5.96. The lowest BCUT2D eigenvalue weighted by atomic mass is 10.0. The molecule has 3 N–H and O–H groups in total. The van der Waals surface area contributed by atoms with Crippen molar-refractivity contribution in [2.75, 3.05) is 17.2 Å². The summed E-state index contributed by atoms with van der Waals surface area (Å²) in [5.74, 6) is -0.656. The molecule has 1 heterocycles. The van der Waals surface area contributed by atoms with E-state index in [2.05, 4.69) is 42.5 Å². The number of Topliss-reactive ketones (excluding diaryl/α,β-unsaturated/α-hetero) is 1. The zero-order valence-corrected chi connectivity index (χ0v) is 18.3. The van der Waals surface area contributed by atoms with Crippen molar-refractivity contribution in [3.05, 3.63) is 79.8 Å². The zero-order chi connectivity index (χ0) is 20.5. The molecule has 0 atom stereocenters. The summed E-state index contributed by atoms with van der Waals surface area (Å²) in [7, 11) is 0. The van der Waals surface area contributed by atoms with Gasteiger partial charge in [-0.15, -0.1) is 0 Å². The Morgan fingerprint density at radius 1 is 1.14 bits per heavy atom. The molecule has 0 radical (unpaired) electrons. The third-order valence-electron chi connectivity index (χ3n) is 4.73. The SMILES string of the molecule is O=C1C(Br)=CC(=Cc2cccc(C(=O)Nc3ccc4c(c3)CCN4)c2O)C=C1Br. The number of hydrogen-bond acceptors (Lipinski definition) is 4. The van der Waals surface area contributed by atoms with E-state index >= 15 is 0 Å². The molecule has 1 amide bonds. The van der Waals surface area contributed by atoms with Gasteiger partial charge in [0, 0.05) is 23.5 Å². The number of fused-ring (bicyclic) bond motifs is 1. The zero-order valence-electron chi connectivity index (χ0n) is 15.1. The van der Waals surface area contributed by atoms with Crippen molar-refractivity contribution < 1.29 is 14.7 Å². The molecular formula is C22H16Br2N2O3.